The number of alkyl halides is 2. The summed E-state index contributed by atoms with van der Waals surface area (Å²) >= 11 is 0. The Morgan fingerprint density at radius 3 is 2.76 bits per heavy atom. The van der Waals surface area contributed by atoms with Gasteiger partial charge in [0, 0.05) is 25.7 Å². The molecule has 7 heteroatoms. The first-order chi connectivity index (χ1) is 10.0. The predicted octanol–water partition coefficient (Wildman–Crippen LogP) is 1.87. The lowest BCUT2D eigenvalue weighted by Crippen LogP contribution is -2.45. The average Bonchev–Trinajstić information content (AvgIpc) is 2.95. The molecule has 2 atom stereocenters. The minimum Gasteiger partial charge on any atom is -0.366 e. The summed E-state index contributed by atoms with van der Waals surface area (Å²) in [5, 5.41) is 3.31. The molecule has 21 heavy (non-hydrogen) atoms. The fraction of sp³-hybridized carbons (Fsp3) is 0.571. The molecule has 0 aliphatic carbocycles. The van der Waals surface area contributed by atoms with Crippen LogP contribution in [0.15, 0.2) is 29.2 Å². The second-order valence-corrected chi connectivity index (χ2v) is 7.48. The first kappa shape index (κ1) is 14.7. The van der Waals surface area contributed by atoms with Gasteiger partial charge in [-0.3, -0.25) is 0 Å². The van der Waals surface area contributed by atoms with Crippen LogP contribution in [0.25, 0.3) is 0 Å². The van der Waals surface area contributed by atoms with E-state index in [1.54, 1.807) is 12.1 Å². The molecular weight excluding hydrogens is 298 g/mol. The third kappa shape index (κ3) is 2.53. The van der Waals surface area contributed by atoms with Gasteiger partial charge in [-0.05, 0) is 30.9 Å². The van der Waals surface area contributed by atoms with Crippen molar-refractivity contribution < 1.29 is 17.2 Å². The summed E-state index contributed by atoms with van der Waals surface area (Å²) in [5.41, 5.74) is 0.413. The van der Waals surface area contributed by atoms with E-state index in [0.717, 1.165) is 25.9 Å². The Kier molecular flexibility index (Phi) is 3.88. The van der Waals surface area contributed by atoms with E-state index in [4.69, 9.17) is 0 Å². The standard InChI is InChI=1S/C14H18F2N2O2S/c15-14(16)21(19,20)13-6-2-1-5-11(13)18-7-3-4-10-8-17-9-12(10)18/h1-2,5-6,10,12,14,17H,3-4,7-9H2. The molecule has 0 aromatic heterocycles. The number of nitrogens with zero attached hydrogens (tertiary/aromatic N) is 1. The molecule has 2 saturated heterocycles. The van der Waals surface area contributed by atoms with Crippen LogP contribution < -0.4 is 10.2 Å². The molecule has 2 heterocycles. The first-order valence-electron chi connectivity index (χ1n) is 7.10. The van der Waals surface area contributed by atoms with Crippen molar-refractivity contribution in [2.45, 2.75) is 29.5 Å². The van der Waals surface area contributed by atoms with Crippen molar-refractivity contribution in [3.8, 4) is 0 Å². The van der Waals surface area contributed by atoms with Crippen LogP contribution in [0, 0.1) is 5.92 Å². The number of hydrogen-bond donors (Lipinski definition) is 1. The van der Waals surface area contributed by atoms with Gasteiger partial charge < -0.3 is 10.2 Å². The molecule has 3 rings (SSSR count). The summed E-state index contributed by atoms with van der Waals surface area (Å²) in [6, 6.07) is 6.30. The highest BCUT2D eigenvalue weighted by atomic mass is 32.2. The van der Waals surface area contributed by atoms with E-state index in [1.807, 2.05) is 4.90 Å². The molecule has 1 aromatic carbocycles. The van der Waals surface area contributed by atoms with E-state index in [0.29, 0.717) is 18.2 Å². The molecule has 1 N–H and O–H groups in total. The van der Waals surface area contributed by atoms with E-state index in [9.17, 15) is 17.2 Å². The quantitative estimate of drug-likeness (QED) is 0.925. The lowest BCUT2D eigenvalue weighted by molar-refractivity contribution is 0.234. The number of sulfone groups is 1. The second-order valence-electron chi connectivity index (χ2n) is 5.59. The highest BCUT2D eigenvalue weighted by molar-refractivity contribution is 7.91. The number of hydrogen-bond acceptors (Lipinski definition) is 4. The fourth-order valence-corrected chi connectivity index (χ4v) is 4.34. The van der Waals surface area contributed by atoms with Gasteiger partial charge in [-0.2, -0.15) is 8.78 Å². The Hall–Kier alpha value is -1.21. The van der Waals surface area contributed by atoms with E-state index < -0.39 is 15.6 Å². The lowest BCUT2D eigenvalue weighted by atomic mass is 9.91. The van der Waals surface area contributed by atoms with Crippen molar-refractivity contribution in [3.05, 3.63) is 24.3 Å². The number of fused-ring (bicyclic) bond motifs is 1. The Balaban J connectivity index is 2.03. The molecule has 2 aliphatic heterocycles. The van der Waals surface area contributed by atoms with Gasteiger partial charge in [0.25, 0.3) is 0 Å². The van der Waals surface area contributed by atoms with Crippen molar-refractivity contribution in [2.24, 2.45) is 5.92 Å². The molecule has 2 unspecified atom stereocenters. The van der Waals surface area contributed by atoms with Gasteiger partial charge in [0.2, 0.25) is 9.84 Å². The zero-order valence-electron chi connectivity index (χ0n) is 11.5. The molecule has 0 bridgehead atoms. The van der Waals surface area contributed by atoms with Crippen LogP contribution in [0.3, 0.4) is 0 Å². The van der Waals surface area contributed by atoms with Gasteiger partial charge >= 0.3 is 5.76 Å². The maximum atomic E-state index is 12.9. The summed E-state index contributed by atoms with van der Waals surface area (Å²) in [6.07, 6.45) is 2.05. The Labute approximate surface area is 123 Å². The minimum atomic E-state index is -4.58. The number of halogens is 2. The van der Waals surface area contributed by atoms with Crippen LogP contribution in [-0.2, 0) is 9.84 Å². The zero-order valence-corrected chi connectivity index (χ0v) is 12.3. The third-order valence-electron chi connectivity index (χ3n) is 4.39. The molecule has 116 valence electrons. The van der Waals surface area contributed by atoms with Gasteiger partial charge in [0.1, 0.15) is 0 Å². The number of rotatable bonds is 3. The van der Waals surface area contributed by atoms with Gasteiger partial charge in [-0.1, -0.05) is 12.1 Å². The molecule has 2 aliphatic rings. The largest absolute Gasteiger partial charge is 0.366 e. The molecule has 4 nitrogen and oxygen atoms in total. The van der Waals surface area contributed by atoms with Gasteiger partial charge in [-0.25, -0.2) is 8.42 Å². The van der Waals surface area contributed by atoms with Crippen LogP contribution in [-0.4, -0.2) is 39.9 Å². The molecule has 0 saturated carbocycles. The topological polar surface area (TPSA) is 49.4 Å². The summed E-state index contributed by atoms with van der Waals surface area (Å²) in [4.78, 5) is 1.73. The van der Waals surface area contributed by atoms with Crippen molar-refractivity contribution in [3.63, 3.8) is 0 Å². The Bertz CT molecular complexity index is 621. The van der Waals surface area contributed by atoms with E-state index in [1.165, 1.54) is 12.1 Å². The van der Waals surface area contributed by atoms with Crippen molar-refractivity contribution in [1.82, 2.24) is 5.32 Å². The highest BCUT2D eigenvalue weighted by Crippen LogP contribution is 2.35. The van der Waals surface area contributed by atoms with Crippen molar-refractivity contribution in [2.75, 3.05) is 24.5 Å². The minimum absolute atomic E-state index is 0.188. The molecule has 0 amide bonds. The van der Waals surface area contributed by atoms with Crippen LogP contribution >= 0.6 is 0 Å². The summed E-state index contributed by atoms with van der Waals surface area (Å²) in [7, 11) is -4.58. The van der Waals surface area contributed by atoms with Crippen LogP contribution in [0.5, 0.6) is 0 Å². The molecule has 1 aromatic rings. The number of nitrogens with one attached hydrogen (secondary N) is 1. The number of piperidine rings is 1. The predicted molar refractivity (Wildman–Crippen MR) is 76.4 cm³/mol. The van der Waals surface area contributed by atoms with E-state index in [-0.39, 0.29) is 10.9 Å². The van der Waals surface area contributed by atoms with Crippen molar-refractivity contribution >= 4 is 15.5 Å². The lowest BCUT2D eigenvalue weighted by Gasteiger charge is -2.39. The Morgan fingerprint density at radius 1 is 1.24 bits per heavy atom. The maximum Gasteiger partial charge on any atom is 0.341 e. The SMILES string of the molecule is O=S(=O)(c1ccccc1N1CCCC2CNCC21)C(F)F. The van der Waals surface area contributed by atoms with Crippen molar-refractivity contribution in [1.29, 1.82) is 0 Å². The van der Waals surface area contributed by atoms with Crippen LogP contribution in [0.1, 0.15) is 12.8 Å². The third-order valence-corrected chi connectivity index (χ3v) is 5.82. The molecule has 0 radical (unpaired) electrons. The number of anilines is 1. The average molecular weight is 316 g/mol. The van der Waals surface area contributed by atoms with Crippen LogP contribution in [0.2, 0.25) is 0 Å². The normalized spacial score (nSPS) is 26.1. The Morgan fingerprint density at radius 2 is 2.00 bits per heavy atom. The summed E-state index contributed by atoms with van der Waals surface area (Å²) < 4.78 is 49.6. The van der Waals surface area contributed by atoms with Gasteiger partial charge in [-0.15, -0.1) is 0 Å². The smallest absolute Gasteiger partial charge is 0.341 e. The number of benzene rings is 1. The van der Waals surface area contributed by atoms with Gasteiger partial charge in [0.05, 0.1) is 10.6 Å². The molecule has 0 spiro atoms. The first-order valence-corrected chi connectivity index (χ1v) is 8.65. The monoisotopic (exact) mass is 316 g/mol. The fourth-order valence-electron chi connectivity index (χ4n) is 3.40. The van der Waals surface area contributed by atoms with Crippen LogP contribution in [0.4, 0.5) is 14.5 Å². The van der Waals surface area contributed by atoms with E-state index >= 15 is 0 Å². The maximum absolute atomic E-state index is 12.9. The molecule has 2 fully saturated rings. The van der Waals surface area contributed by atoms with Gasteiger partial charge in [0.15, 0.2) is 0 Å². The highest BCUT2D eigenvalue weighted by Gasteiger charge is 2.38. The summed E-state index contributed by atoms with van der Waals surface area (Å²) in [6.45, 7) is 2.39. The zero-order chi connectivity index (χ0) is 15.0. The second kappa shape index (κ2) is 5.53. The van der Waals surface area contributed by atoms with E-state index in [2.05, 4.69) is 5.32 Å². The number of para-hydroxylation sites is 1. The molecular formula is C14H18F2N2O2S. The summed E-state index contributed by atoms with van der Waals surface area (Å²) in [5.74, 6) is -2.93.